The molecule has 0 saturated heterocycles. The number of hydrogen-bond acceptors (Lipinski definition) is 2. The van der Waals surface area contributed by atoms with Crippen molar-refractivity contribution in [2.45, 2.75) is 24.8 Å². The Morgan fingerprint density at radius 3 is 2.48 bits per heavy atom. The number of nitrogens with two attached hydrogens (primary N) is 1. The van der Waals surface area contributed by atoms with Crippen molar-refractivity contribution in [3.63, 3.8) is 0 Å². The molecule has 0 spiro atoms. The molecule has 4 heteroatoms. The molecule has 1 amide bonds. The highest BCUT2D eigenvalue weighted by Gasteiger charge is 2.24. The summed E-state index contributed by atoms with van der Waals surface area (Å²) in [6.07, 6.45) is 2.47. The van der Waals surface area contributed by atoms with Gasteiger partial charge in [-0.2, -0.15) is 0 Å². The van der Waals surface area contributed by atoms with E-state index in [1.54, 1.807) is 12.1 Å². The number of benzene rings is 2. The first-order chi connectivity index (χ1) is 10.1. The molecule has 2 aromatic rings. The van der Waals surface area contributed by atoms with E-state index in [9.17, 15) is 9.18 Å². The molecule has 21 heavy (non-hydrogen) atoms. The SMILES string of the molecule is NC(=O)C(Nc1cccc(F)c1)c1ccc(C2CC2)cc1. The molecular formula is C17H17FN2O. The average molecular weight is 284 g/mol. The standard InChI is InChI=1S/C17H17FN2O/c18-14-2-1-3-15(10-14)20-16(17(19)21)13-8-6-12(7-9-13)11-4-5-11/h1-3,6-11,16,20H,4-5H2,(H2,19,21). The fraction of sp³-hybridized carbons (Fsp3) is 0.235. The zero-order chi connectivity index (χ0) is 14.8. The van der Waals surface area contributed by atoms with Gasteiger partial charge in [0.05, 0.1) is 0 Å². The molecule has 0 aromatic heterocycles. The van der Waals surface area contributed by atoms with E-state index in [0.29, 0.717) is 11.6 Å². The number of primary amides is 1. The first-order valence-electron chi connectivity index (χ1n) is 7.05. The largest absolute Gasteiger partial charge is 0.370 e. The smallest absolute Gasteiger partial charge is 0.244 e. The molecule has 1 aliphatic rings. The van der Waals surface area contributed by atoms with Crippen molar-refractivity contribution in [1.29, 1.82) is 0 Å². The number of halogens is 1. The third-order valence-corrected chi connectivity index (χ3v) is 3.74. The third kappa shape index (κ3) is 3.21. The molecule has 0 radical (unpaired) electrons. The lowest BCUT2D eigenvalue weighted by atomic mass is 10.0. The molecular weight excluding hydrogens is 267 g/mol. The summed E-state index contributed by atoms with van der Waals surface area (Å²) in [4.78, 5) is 11.7. The van der Waals surface area contributed by atoms with Gasteiger partial charge in [-0.25, -0.2) is 4.39 Å². The summed E-state index contributed by atoms with van der Waals surface area (Å²) in [6.45, 7) is 0. The van der Waals surface area contributed by atoms with Gasteiger partial charge in [-0.1, -0.05) is 30.3 Å². The van der Waals surface area contributed by atoms with Crippen molar-refractivity contribution in [1.82, 2.24) is 0 Å². The first-order valence-corrected chi connectivity index (χ1v) is 7.05. The number of nitrogens with one attached hydrogen (secondary N) is 1. The normalized spacial score (nSPS) is 15.5. The number of hydrogen-bond donors (Lipinski definition) is 2. The zero-order valence-electron chi connectivity index (χ0n) is 11.6. The quantitative estimate of drug-likeness (QED) is 0.884. The topological polar surface area (TPSA) is 55.1 Å². The predicted octanol–water partition coefficient (Wildman–Crippen LogP) is 3.34. The van der Waals surface area contributed by atoms with E-state index in [0.717, 1.165) is 5.56 Å². The Bertz CT molecular complexity index is 650. The van der Waals surface area contributed by atoms with Crippen LogP contribution in [-0.4, -0.2) is 5.91 Å². The van der Waals surface area contributed by atoms with Crippen LogP contribution in [0.1, 0.15) is 35.9 Å². The van der Waals surface area contributed by atoms with E-state index >= 15 is 0 Å². The minimum Gasteiger partial charge on any atom is -0.370 e. The Hall–Kier alpha value is -2.36. The molecule has 1 aliphatic carbocycles. The molecule has 1 unspecified atom stereocenters. The van der Waals surface area contributed by atoms with Crippen molar-refractivity contribution in [3.8, 4) is 0 Å². The molecule has 0 aliphatic heterocycles. The second-order valence-corrected chi connectivity index (χ2v) is 5.43. The number of carbonyl (C=O) groups excluding carboxylic acids is 1. The Morgan fingerprint density at radius 1 is 1.19 bits per heavy atom. The summed E-state index contributed by atoms with van der Waals surface area (Å²) < 4.78 is 13.2. The lowest BCUT2D eigenvalue weighted by molar-refractivity contribution is -0.118. The maximum Gasteiger partial charge on any atom is 0.244 e. The Balaban J connectivity index is 1.81. The highest BCUT2D eigenvalue weighted by Crippen LogP contribution is 2.40. The molecule has 0 bridgehead atoms. The molecule has 3 nitrogen and oxygen atoms in total. The average Bonchev–Trinajstić information content (AvgIpc) is 3.29. The van der Waals surface area contributed by atoms with Crippen molar-refractivity contribution in [2.24, 2.45) is 5.73 Å². The summed E-state index contributed by atoms with van der Waals surface area (Å²) in [7, 11) is 0. The van der Waals surface area contributed by atoms with Gasteiger partial charge in [0.25, 0.3) is 0 Å². The van der Waals surface area contributed by atoms with Crippen LogP contribution in [-0.2, 0) is 4.79 Å². The maximum absolute atomic E-state index is 13.2. The number of anilines is 1. The lowest BCUT2D eigenvalue weighted by Gasteiger charge is -2.17. The van der Waals surface area contributed by atoms with Crippen molar-refractivity contribution >= 4 is 11.6 Å². The van der Waals surface area contributed by atoms with Crippen LogP contribution in [0, 0.1) is 5.82 Å². The minimum atomic E-state index is -0.667. The molecule has 1 fully saturated rings. The van der Waals surface area contributed by atoms with Crippen LogP contribution in [0.2, 0.25) is 0 Å². The molecule has 108 valence electrons. The highest BCUT2D eigenvalue weighted by molar-refractivity contribution is 5.84. The number of carbonyl (C=O) groups is 1. The van der Waals surface area contributed by atoms with E-state index in [1.807, 2.05) is 24.3 Å². The van der Waals surface area contributed by atoms with Crippen LogP contribution in [0.15, 0.2) is 48.5 Å². The number of rotatable bonds is 5. The van der Waals surface area contributed by atoms with Gasteiger partial charge in [-0.3, -0.25) is 4.79 Å². The molecule has 0 heterocycles. The third-order valence-electron chi connectivity index (χ3n) is 3.74. The fourth-order valence-electron chi connectivity index (χ4n) is 2.44. The summed E-state index contributed by atoms with van der Waals surface area (Å²) in [6, 6.07) is 13.2. The second kappa shape index (κ2) is 5.56. The monoisotopic (exact) mass is 284 g/mol. The molecule has 1 saturated carbocycles. The van der Waals surface area contributed by atoms with Crippen molar-refractivity contribution in [3.05, 3.63) is 65.5 Å². The van der Waals surface area contributed by atoms with Gasteiger partial charge in [0, 0.05) is 5.69 Å². The van der Waals surface area contributed by atoms with E-state index in [2.05, 4.69) is 5.32 Å². The van der Waals surface area contributed by atoms with Gasteiger partial charge in [0.1, 0.15) is 11.9 Å². The minimum absolute atomic E-state index is 0.354. The van der Waals surface area contributed by atoms with Crippen molar-refractivity contribution in [2.75, 3.05) is 5.32 Å². The van der Waals surface area contributed by atoms with Gasteiger partial charge in [0.2, 0.25) is 5.91 Å². The van der Waals surface area contributed by atoms with Gasteiger partial charge >= 0.3 is 0 Å². The molecule has 1 atom stereocenters. The van der Waals surface area contributed by atoms with E-state index in [1.165, 1.54) is 30.5 Å². The van der Waals surface area contributed by atoms with Crippen LogP contribution in [0.4, 0.5) is 10.1 Å². The van der Waals surface area contributed by atoms with E-state index in [4.69, 9.17) is 5.73 Å². The first kappa shape index (κ1) is 13.6. The second-order valence-electron chi connectivity index (χ2n) is 5.43. The van der Waals surface area contributed by atoms with E-state index < -0.39 is 11.9 Å². The molecule has 3 rings (SSSR count). The van der Waals surface area contributed by atoms with Crippen LogP contribution < -0.4 is 11.1 Å². The Morgan fingerprint density at radius 2 is 1.90 bits per heavy atom. The maximum atomic E-state index is 13.2. The zero-order valence-corrected chi connectivity index (χ0v) is 11.6. The molecule has 3 N–H and O–H groups in total. The van der Waals surface area contributed by atoms with Gasteiger partial charge in [-0.15, -0.1) is 0 Å². The summed E-state index contributed by atoms with van der Waals surface area (Å²) in [5.41, 5.74) is 8.09. The van der Waals surface area contributed by atoms with Crippen LogP contribution in [0.25, 0.3) is 0 Å². The number of amides is 1. The van der Waals surface area contributed by atoms with E-state index in [-0.39, 0.29) is 5.82 Å². The summed E-state index contributed by atoms with van der Waals surface area (Å²) >= 11 is 0. The Kier molecular flexibility index (Phi) is 3.60. The van der Waals surface area contributed by atoms with Crippen LogP contribution in [0.3, 0.4) is 0 Å². The van der Waals surface area contributed by atoms with Crippen LogP contribution in [0.5, 0.6) is 0 Å². The summed E-state index contributed by atoms with van der Waals surface area (Å²) in [5, 5.41) is 2.99. The fourth-order valence-corrected chi connectivity index (χ4v) is 2.44. The molecule has 2 aromatic carbocycles. The highest BCUT2D eigenvalue weighted by atomic mass is 19.1. The lowest BCUT2D eigenvalue weighted by Crippen LogP contribution is -2.27. The Labute approximate surface area is 123 Å². The summed E-state index contributed by atoms with van der Waals surface area (Å²) in [5.74, 6) is -0.173. The van der Waals surface area contributed by atoms with Gasteiger partial charge < -0.3 is 11.1 Å². The van der Waals surface area contributed by atoms with Gasteiger partial charge in [0.15, 0.2) is 0 Å². The van der Waals surface area contributed by atoms with Gasteiger partial charge in [-0.05, 0) is 48.1 Å². The predicted molar refractivity (Wildman–Crippen MR) is 80.4 cm³/mol. The van der Waals surface area contributed by atoms with Crippen LogP contribution >= 0.6 is 0 Å². The van der Waals surface area contributed by atoms with Crippen molar-refractivity contribution < 1.29 is 9.18 Å².